The van der Waals surface area contributed by atoms with Gasteiger partial charge in [0, 0.05) is 6.42 Å². The zero-order chi connectivity index (χ0) is 28.1. The van der Waals surface area contributed by atoms with Gasteiger partial charge in [-0.1, -0.05) is 12.1 Å². The number of hydrogen-bond donors (Lipinski definition) is 9. The van der Waals surface area contributed by atoms with Crippen molar-refractivity contribution >= 4 is 29.6 Å². The van der Waals surface area contributed by atoms with Gasteiger partial charge in [-0.2, -0.15) is 0 Å². The molecule has 0 saturated carbocycles. The molecule has 0 bridgehead atoms. The zero-order valence-corrected chi connectivity index (χ0v) is 20.6. The number of unbranched alkanes of at least 4 members (excludes halogenated alkanes) is 1. The van der Waals surface area contributed by atoms with Gasteiger partial charge in [0.05, 0.1) is 18.6 Å². The number of nitrogens with two attached hydrogens (primary N) is 3. The second kappa shape index (κ2) is 15.4. The molecular formula is C23H36N6O8. The van der Waals surface area contributed by atoms with Crippen LogP contribution in [0.25, 0.3) is 0 Å². The Labute approximate surface area is 213 Å². The summed E-state index contributed by atoms with van der Waals surface area (Å²) in [6.07, 6.45) is -0.921. The number of carbonyl (C=O) groups excluding carboxylic acids is 4. The fourth-order valence-electron chi connectivity index (χ4n) is 3.34. The summed E-state index contributed by atoms with van der Waals surface area (Å²) in [7, 11) is 0. The Kier molecular flexibility index (Phi) is 13.0. The number of benzene rings is 1. The van der Waals surface area contributed by atoms with Gasteiger partial charge in [0.1, 0.15) is 23.9 Å². The number of amides is 4. The van der Waals surface area contributed by atoms with Gasteiger partial charge in [-0.15, -0.1) is 0 Å². The molecule has 0 radical (unpaired) electrons. The average molecular weight is 525 g/mol. The predicted octanol–water partition coefficient (Wildman–Crippen LogP) is -2.81. The van der Waals surface area contributed by atoms with Crippen molar-refractivity contribution in [2.75, 3.05) is 6.54 Å². The Morgan fingerprint density at radius 3 is 2.03 bits per heavy atom. The zero-order valence-electron chi connectivity index (χ0n) is 20.6. The highest BCUT2D eigenvalue weighted by Crippen LogP contribution is 2.12. The smallest absolute Gasteiger partial charge is 0.326 e. The maximum absolute atomic E-state index is 13.0. The van der Waals surface area contributed by atoms with Crippen molar-refractivity contribution in [3.63, 3.8) is 0 Å². The normalized spacial score (nSPS) is 14.9. The third-order valence-electron chi connectivity index (χ3n) is 5.39. The minimum Gasteiger partial charge on any atom is -0.508 e. The van der Waals surface area contributed by atoms with Gasteiger partial charge >= 0.3 is 5.97 Å². The van der Waals surface area contributed by atoms with Crippen molar-refractivity contribution in [2.45, 2.75) is 69.3 Å². The van der Waals surface area contributed by atoms with Crippen LogP contribution in [0.5, 0.6) is 5.75 Å². The van der Waals surface area contributed by atoms with Crippen LogP contribution in [-0.2, 0) is 30.4 Å². The number of aliphatic hydroxyl groups is 1. The van der Waals surface area contributed by atoms with Gasteiger partial charge in [0.2, 0.25) is 23.6 Å². The number of nitrogens with one attached hydrogen (secondary N) is 3. The summed E-state index contributed by atoms with van der Waals surface area (Å²) in [6.45, 7) is 1.56. The van der Waals surface area contributed by atoms with E-state index in [1.54, 1.807) is 0 Å². The molecule has 5 atom stereocenters. The first kappa shape index (κ1) is 31.3. The molecule has 0 spiro atoms. The average Bonchev–Trinajstić information content (AvgIpc) is 2.81. The van der Waals surface area contributed by atoms with E-state index in [1.807, 2.05) is 0 Å². The summed E-state index contributed by atoms with van der Waals surface area (Å²) in [5.74, 6) is -4.79. The number of aliphatic carboxylic acids is 1. The van der Waals surface area contributed by atoms with Gasteiger partial charge in [0.15, 0.2) is 0 Å². The molecule has 0 fully saturated rings. The summed E-state index contributed by atoms with van der Waals surface area (Å²) in [5.41, 5.74) is 16.7. The maximum atomic E-state index is 13.0. The van der Waals surface area contributed by atoms with Crippen LogP contribution in [0.2, 0.25) is 0 Å². The number of aliphatic hydroxyl groups excluding tert-OH is 1. The molecule has 14 heteroatoms. The summed E-state index contributed by atoms with van der Waals surface area (Å²) in [5, 5.41) is 36.1. The van der Waals surface area contributed by atoms with Crippen LogP contribution in [0.3, 0.4) is 0 Å². The summed E-state index contributed by atoms with van der Waals surface area (Å²) < 4.78 is 0. The van der Waals surface area contributed by atoms with Crippen molar-refractivity contribution in [2.24, 2.45) is 17.2 Å². The van der Waals surface area contributed by atoms with Crippen LogP contribution < -0.4 is 33.2 Å². The van der Waals surface area contributed by atoms with Gasteiger partial charge in [-0.3, -0.25) is 19.2 Å². The highest BCUT2D eigenvalue weighted by Gasteiger charge is 2.32. The van der Waals surface area contributed by atoms with Crippen molar-refractivity contribution in [1.29, 1.82) is 0 Å². The van der Waals surface area contributed by atoms with E-state index in [0.717, 1.165) is 0 Å². The van der Waals surface area contributed by atoms with Crippen molar-refractivity contribution in [1.82, 2.24) is 16.0 Å². The van der Waals surface area contributed by atoms with Crippen LogP contribution in [0.1, 0.15) is 38.2 Å². The SMILES string of the molecule is CC(O)C(NC(=O)C(CCCCN)NC(=O)C(N)CC(N)=O)C(=O)NC(Cc1ccc(O)cc1)C(=O)O. The highest BCUT2D eigenvalue weighted by molar-refractivity contribution is 5.95. The number of carbonyl (C=O) groups is 5. The second-order valence-corrected chi connectivity index (χ2v) is 8.62. The second-order valence-electron chi connectivity index (χ2n) is 8.62. The Hall–Kier alpha value is -3.75. The Balaban J connectivity index is 2.97. The quantitative estimate of drug-likeness (QED) is 0.100. The maximum Gasteiger partial charge on any atom is 0.326 e. The predicted molar refractivity (Wildman–Crippen MR) is 132 cm³/mol. The molecule has 37 heavy (non-hydrogen) atoms. The molecule has 12 N–H and O–H groups in total. The lowest BCUT2D eigenvalue weighted by atomic mass is 10.0. The van der Waals surface area contributed by atoms with Crippen molar-refractivity contribution in [3.8, 4) is 5.75 Å². The molecule has 14 nitrogen and oxygen atoms in total. The molecule has 0 aliphatic heterocycles. The first-order chi connectivity index (χ1) is 17.3. The van der Waals surface area contributed by atoms with Crippen molar-refractivity contribution in [3.05, 3.63) is 29.8 Å². The number of phenolic OH excluding ortho intramolecular Hbond substituents is 1. The lowest BCUT2D eigenvalue weighted by Crippen LogP contribution is -2.60. The molecule has 0 aromatic heterocycles. The van der Waals surface area contributed by atoms with E-state index in [0.29, 0.717) is 24.9 Å². The third kappa shape index (κ3) is 11.2. The molecule has 1 aromatic rings. The number of carboxylic acid groups (broad SMARTS) is 1. The Bertz CT molecular complexity index is 940. The largest absolute Gasteiger partial charge is 0.508 e. The first-order valence-corrected chi connectivity index (χ1v) is 11.7. The molecule has 0 heterocycles. The summed E-state index contributed by atoms with van der Waals surface area (Å²) in [6, 6.07) is 0.275. The molecule has 1 aromatic carbocycles. The standard InChI is InChI=1S/C23H36N6O8/c1-12(30)19(22(35)28-17(23(36)37)10-13-5-7-14(31)8-6-13)29-21(34)16(4-2-3-9-24)27-20(33)15(25)11-18(26)32/h5-8,12,15-17,19,30-31H,2-4,9-11,24-25H2,1H3,(H2,26,32)(H,27,33)(H,28,35)(H,29,34)(H,36,37). The first-order valence-electron chi connectivity index (χ1n) is 11.7. The van der Waals surface area contributed by atoms with Crippen LogP contribution in [0.4, 0.5) is 0 Å². The van der Waals surface area contributed by atoms with Gasteiger partial charge in [-0.05, 0) is 50.4 Å². The minimum absolute atomic E-state index is 0.0137. The van der Waals surface area contributed by atoms with E-state index < -0.39 is 66.3 Å². The highest BCUT2D eigenvalue weighted by atomic mass is 16.4. The van der Waals surface area contributed by atoms with E-state index >= 15 is 0 Å². The molecule has 4 amide bonds. The lowest BCUT2D eigenvalue weighted by molar-refractivity contribution is -0.143. The number of carboxylic acids is 1. The van der Waals surface area contributed by atoms with E-state index in [9.17, 15) is 39.3 Å². The van der Waals surface area contributed by atoms with Crippen LogP contribution in [0.15, 0.2) is 24.3 Å². The number of primary amides is 1. The fraction of sp³-hybridized carbons (Fsp3) is 0.522. The molecule has 1 rings (SSSR count). The van der Waals surface area contributed by atoms with Crippen LogP contribution in [0, 0.1) is 0 Å². The van der Waals surface area contributed by atoms with E-state index in [4.69, 9.17) is 17.2 Å². The molecule has 206 valence electrons. The monoisotopic (exact) mass is 524 g/mol. The van der Waals surface area contributed by atoms with Gasteiger partial charge < -0.3 is 48.5 Å². The van der Waals surface area contributed by atoms with Crippen LogP contribution in [-0.4, -0.2) is 81.7 Å². The van der Waals surface area contributed by atoms with Gasteiger partial charge in [-0.25, -0.2) is 4.79 Å². The number of phenols is 1. The Morgan fingerprint density at radius 2 is 1.51 bits per heavy atom. The number of hydrogen-bond acceptors (Lipinski definition) is 9. The molecule has 0 saturated heterocycles. The molecular weight excluding hydrogens is 488 g/mol. The number of aromatic hydroxyl groups is 1. The van der Waals surface area contributed by atoms with E-state index in [2.05, 4.69) is 16.0 Å². The molecule has 0 aliphatic carbocycles. The van der Waals surface area contributed by atoms with E-state index in [-0.39, 0.29) is 18.6 Å². The minimum atomic E-state index is -1.55. The topological polar surface area (TPSA) is 260 Å². The van der Waals surface area contributed by atoms with E-state index in [1.165, 1.54) is 31.2 Å². The van der Waals surface area contributed by atoms with Crippen molar-refractivity contribution < 1.29 is 39.3 Å². The third-order valence-corrected chi connectivity index (χ3v) is 5.39. The van der Waals surface area contributed by atoms with Gasteiger partial charge in [0.25, 0.3) is 0 Å². The fourth-order valence-corrected chi connectivity index (χ4v) is 3.34. The molecule has 0 aliphatic rings. The molecule has 5 unspecified atom stereocenters. The lowest BCUT2D eigenvalue weighted by Gasteiger charge is -2.26. The number of rotatable bonds is 16. The van der Waals surface area contributed by atoms with Crippen LogP contribution >= 0.6 is 0 Å². The Morgan fingerprint density at radius 1 is 0.919 bits per heavy atom. The summed E-state index contributed by atoms with van der Waals surface area (Å²) >= 11 is 0. The summed E-state index contributed by atoms with van der Waals surface area (Å²) in [4.78, 5) is 60.9.